The molecule has 0 aromatic heterocycles. The molecule has 4 rings (SSSR count). The zero-order chi connectivity index (χ0) is 14.9. The number of fused-ring (bicyclic) bond motifs is 1. The number of hydrogen-bond acceptors (Lipinski definition) is 2. The minimum atomic E-state index is 0.715. The van der Waals surface area contributed by atoms with Gasteiger partial charge < -0.3 is 5.32 Å². The molecule has 120 valence electrons. The van der Waals surface area contributed by atoms with E-state index in [0.717, 1.165) is 23.0 Å². The van der Waals surface area contributed by atoms with Crippen LogP contribution in [0.1, 0.15) is 51.0 Å². The Morgan fingerprint density at radius 1 is 1.09 bits per heavy atom. The van der Waals surface area contributed by atoms with Crippen molar-refractivity contribution in [2.75, 3.05) is 6.54 Å². The molecule has 0 amide bonds. The van der Waals surface area contributed by atoms with Crippen LogP contribution in [-0.2, 0) is 6.42 Å². The summed E-state index contributed by atoms with van der Waals surface area (Å²) in [5, 5.41) is 4.71. The third-order valence-corrected chi connectivity index (χ3v) is 7.80. The number of rotatable bonds is 2. The van der Waals surface area contributed by atoms with Crippen LogP contribution in [0.5, 0.6) is 0 Å². The van der Waals surface area contributed by atoms with Gasteiger partial charge in [-0.25, -0.2) is 0 Å². The molecule has 1 aliphatic carbocycles. The molecule has 1 N–H and O–H groups in total. The summed E-state index contributed by atoms with van der Waals surface area (Å²) in [5.41, 5.74) is 1.57. The second kappa shape index (κ2) is 6.57. The summed E-state index contributed by atoms with van der Waals surface area (Å²) in [4.78, 5) is 1.52. The van der Waals surface area contributed by atoms with Gasteiger partial charge >= 0.3 is 0 Å². The molecule has 0 bridgehead atoms. The van der Waals surface area contributed by atoms with Crippen molar-refractivity contribution in [2.24, 2.45) is 17.8 Å². The quantitative estimate of drug-likeness (QED) is 0.833. The third kappa shape index (κ3) is 2.97. The molecule has 1 saturated carbocycles. The molecule has 1 saturated heterocycles. The summed E-state index contributed by atoms with van der Waals surface area (Å²) >= 11 is 2.12. The Balaban J connectivity index is 1.37. The highest BCUT2D eigenvalue weighted by Gasteiger charge is 2.37. The Labute approximate surface area is 139 Å². The minimum Gasteiger partial charge on any atom is -0.313 e. The van der Waals surface area contributed by atoms with Crippen LogP contribution in [0.3, 0.4) is 0 Å². The predicted octanol–water partition coefficient (Wildman–Crippen LogP) is 4.90. The van der Waals surface area contributed by atoms with Crippen molar-refractivity contribution in [1.82, 2.24) is 5.32 Å². The van der Waals surface area contributed by atoms with Gasteiger partial charge in [0.2, 0.25) is 0 Å². The molecule has 4 unspecified atom stereocenters. The molecule has 1 aromatic rings. The van der Waals surface area contributed by atoms with E-state index in [9.17, 15) is 0 Å². The highest BCUT2D eigenvalue weighted by molar-refractivity contribution is 8.00. The SMILES string of the molecule is CC1CC(C2Cc3ccccc3S2)NCC1C1CCCCC1. The van der Waals surface area contributed by atoms with Crippen LogP contribution < -0.4 is 5.32 Å². The first kappa shape index (κ1) is 15.1. The van der Waals surface area contributed by atoms with Crippen LogP contribution in [0.15, 0.2) is 29.2 Å². The van der Waals surface area contributed by atoms with Crippen LogP contribution in [-0.4, -0.2) is 17.8 Å². The van der Waals surface area contributed by atoms with Crippen LogP contribution in [0.2, 0.25) is 0 Å². The Morgan fingerprint density at radius 3 is 2.68 bits per heavy atom. The van der Waals surface area contributed by atoms with Crippen molar-refractivity contribution < 1.29 is 0 Å². The van der Waals surface area contributed by atoms with Gasteiger partial charge in [0.1, 0.15) is 0 Å². The van der Waals surface area contributed by atoms with Gasteiger partial charge in [0, 0.05) is 16.2 Å². The van der Waals surface area contributed by atoms with E-state index in [1.807, 2.05) is 0 Å². The van der Waals surface area contributed by atoms with E-state index >= 15 is 0 Å². The van der Waals surface area contributed by atoms with Crippen LogP contribution in [0, 0.1) is 17.8 Å². The first-order valence-electron chi connectivity index (χ1n) is 9.29. The van der Waals surface area contributed by atoms with Gasteiger partial charge in [0.15, 0.2) is 0 Å². The van der Waals surface area contributed by atoms with E-state index < -0.39 is 0 Å². The molecular weight excluding hydrogens is 286 g/mol. The number of hydrogen-bond donors (Lipinski definition) is 1. The van der Waals surface area contributed by atoms with E-state index in [2.05, 4.69) is 48.3 Å². The summed E-state index contributed by atoms with van der Waals surface area (Å²) in [6.45, 7) is 3.80. The maximum absolute atomic E-state index is 3.95. The van der Waals surface area contributed by atoms with Gasteiger partial charge in [-0.3, -0.25) is 0 Å². The van der Waals surface area contributed by atoms with Gasteiger partial charge in [-0.05, 0) is 48.8 Å². The first-order chi connectivity index (χ1) is 10.8. The monoisotopic (exact) mass is 315 g/mol. The van der Waals surface area contributed by atoms with Gasteiger partial charge in [0.25, 0.3) is 0 Å². The van der Waals surface area contributed by atoms with E-state index in [4.69, 9.17) is 0 Å². The fraction of sp³-hybridized carbons (Fsp3) is 0.700. The van der Waals surface area contributed by atoms with E-state index in [1.165, 1.54) is 56.4 Å². The van der Waals surface area contributed by atoms with E-state index in [0.29, 0.717) is 6.04 Å². The number of nitrogens with one attached hydrogen (secondary N) is 1. The average Bonchev–Trinajstić information content (AvgIpc) is 2.99. The van der Waals surface area contributed by atoms with Crippen LogP contribution >= 0.6 is 11.8 Å². The molecule has 1 aromatic carbocycles. The molecule has 1 nitrogen and oxygen atoms in total. The Morgan fingerprint density at radius 2 is 1.91 bits per heavy atom. The van der Waals surface area contributed by atoms with Crippen molar-refractivity contribution in [2.45, 2.75) is 68.1 Å². The van der Waals surface area contributed by atoms with Gasteiger partial charge in [0.05, 0.1) is 0 Å². The summed E-state index contributed by atoms with van der Waals surface area (Å²) in [6, 6.07) is 9.71. The zero-order valence-electron chi connectivity index (χ0n) is 13.8. The summed E-state index contributed by atoms with van der Waals surface area (Å²) in [7, 11) is 0. The maximum Gasteiger partial charge on any atom is 0.0289 e. The lowest BCUT2D eigenvalue weighted by Gasteiger charge is -2.42. The molecule has 0 spiro atoms. The Bertz CT molecular complexity index is 483. The summed E-state index contributed by atoms with van der Waals surface area (Å²) in [6.07, 6.45) is 10.1. The minimum absolute atomic E-state index is 0.715. The highest BCUT2D eigenvalue weighted by Crippen LogP contribution is 2.43. The van der Waals surface area contributed by atoms with Gasteiger partial charge in [-0.2, -0.15) is 0 Å². The topological polar surface area (TPSA) is 12.0 Å². The van der Waals surface area contributed by atoms with E-state index in [1.54, 1.807) is 5.56 Å². The van der Waals surface area contributed by atoms with Crippen molar-refractivity contribution >= 4 is 11.8 Å². The van der Waals surface area contributed by atoms with Crippen molar-refractivity contribution in [3.05, 3.63) is 29.8 Å². The van der Waals surface area contributed by atoms with Crippen molar-refractivity contribution in [3.8, 4) is 0 Å². The maximum atomic E-state index is 3.95. The first-order valence-corrected chi connectivity index (χ1v) is 10.2. The van der Waals surface area contributed by atoms with Crippen molar-refractivity contribution in [3.63, 3.8) is 0 Å². The Kier molecular flexibility index (Phi) is 4.50. The zero-order valence-corrected chi connectivity index (χ0v) is 14.6. The normalized spacial score (nSPS) is 36.2. The number of thioether (sulfide) groups is 1. The second-order valence-corrected chi connectivity index (χ2v) is 9.04. The fourth-order valence-corrected chi connectivity index (χ4v) is 6.48. The van der Waals surface area contributed by atoms with E-state index in [-0.39, 0.29) is 0 Å². The lowest BCUT2D eigenvalue weighted by Crippen LogP contribution is -2.50. The number of benzene rings is 1. The molecule has 2 fully saturated rings. The smallest absolute Gasteiger partial charge is 0.0289 e. The molecular formula is C20H29NS. The third-order valence-electron chi connectivity index (χ3n) is 6.35. The fourth-order valence-electron chi connectivity index (χ4n) is 5.06. The molecule has 22 heavy (non-hydrogen) atoms. The van der Waals surface area contributed by atoms with Crippen LogP contribution in [0.4, 0.5) is 0 Å². The van der Waals surface area contributed by atoms with Crippen LogP contribution in [0.25, 0.3) is 0 Å². The number of piperidine rings is 1. The van der Waals surface area contributed by atoms with Gasteiger partial charge in [-0.1, -0.05) is 57.2 Å². The van der Waals surface area contributed by atoms with Crippen molar-refractivity contribution in [1.29, 1.82) is 0 Å². The molecule has 4 atom stereocenters. The highest BCUT2D eigenvalue weighted by atomic mass is 32.2. The second-order valence-electron chi connectivity index (χ2n) is 7.76. The predicted molar refractivity (Wildman–Crippen MR) is 95.4 cm³/mol. The lowest BCUT2D eigenvalue weighted by atomic mass is 9.71. The lowest BCUT2D eigenvalue weighted by molar-refractivity contribution is 0.129. The molecule has 2 heteroatoms. The summed E-state index contributed by atoms with van der Waals surface area (Å²) < 4.78 is 0. The molecule has 3 aliphatic rings. The average molecular weight is 316 g/mol. The largest absolute Gasteiger partial charge is 0.313 e. The molecule has 0 radical (unpaired) electrons. The van der Waals surface area contributed by atoms with Gasteiger partial charge in [-0.15, -0.1) is 11.8 Å². The summed E-state index contributed by atoms with van der Waals surface area (Å²) in [5.74, 6) is 2.84. The Hall–Kier alpha value is -0.470. The molecule has 2 heterocycles. The standard InChI is InChI=1S/C20H29NS/c1-14-11-18(20-12-16-9-5-6-10-19(16)22-20)21-13-17(14)15-7-3-2-4-8-15/h5-6,9-10,14-15,17-18,20-21H,2-4,7-8,11-13H2,1H3. The molecule has 2 aliphatic heterocycles.